The van der Waals surface area contributed by atoms with Crippen molar-refractivity contribution in [2.75, 3.05) is 5.32 Å². The van der Waals surface area contributed by atoms with Crippen molar-refractivity contribution in [1.29, 1.82) is 0 Å². The number of non-ortho nitro benzene ring substituents is 1. The summed E-state index contributed by atoms with van der Waals surface area (Å²) in [6.45, 7) is 0.430. The van der Waals surface area contributed by atoms with Crippen LogP contribution in [0.1, 0.15) is 15.2 Å². The van der Waals surface area contributed by atoms with Crippen LogP contribution in [0.2, 0.25) is 0 Å². The average Bonchev–Trinajstić information content (AvgIpc) is 2.88. The number of rotatable bonds is 5. The zero-order valence-corrected chi connectivity index (χ0v) is 10.5. The van der Waals surface area contributed by atoms with Crippen molar-refractivity contribution in [3.05, 3.63) is 56.3 Å². The van der Waals surface area contributed by atoms with Crippen LogP contribution in [0.25, 0.3) is 0 Å². The molecule has 2 rings (SSSR count). The number of carbonyl (C=O) groups is 1. The summed E-state index contributed by atoms with van der Waals surface area (Å²) < 4.78 is 0. The number of nitrogens with zero attached hydrogens (tertiary/aromatic N) is 1. The molecule has 0 aliphatic carbocycles. The van der Waals surface area contributed by atoms with E-state index in [0.717, 1.165) is 4.88 Å². The van der Waals surface area contributed by atoms with E-state index < -0.39 is 10.9 Å². The Bertz CT molecular complexity index is 610. The zero-order valence-electron chi connectivity index (χ0n) is 9.70. The van der Waals surface area contributed by atoms with Crippen molar-refractivity contribution in [3.8, 4) is 0 Å². The first kappa shape index (κ1) is 13.0. The molecule has 19 heavy (non-hydrogen) atoms. The van der Waals surface area contributed by atoms with E-state index in [0.29, 0.717) is 6.54 Å². The molecule has 1 aromatic heterocycles. The number of hydrogen-bond donors (Lipinski definition) is 2. The van der Waals surface area contributed by atoms with Gasteiger partial charge in [0.15, 0.2) is 0 Å². The number of carboxylic acid groups (broad SMARTS) is 1. The van der Waals surface area contributed by atoms with Gasteiger partial charge in [-0.05, 0) is 17.5 Å². The number of nitrogens with one attached hydrogen (secondary N) is 1. The number of carboxylic acids is 1. The highest BCUT2D eigenvalue weighted by Gasteiger charge is 2.15. The summed E-state index contributed by atoms with van der Waals surface area (Å²) in [6, 6.07) is 7.43. The molecule has 2 aromatic rings. The lowest BCUT2D eigenvalue weighted by molar-refractivity contribution is -0.384. The van der Waals surface area contributed by atoms with E-state index in [1.807, 2.05) is 17.5 Å². The summed E-state index contributed by atoms with van der Waals surface area (Å²) >= 11 is 1.52. The summed E-state index contributed by atoms with van der Waals surface area (Å²) in [5, 5.41) is 24.6. The second kappa shape index (κ2) is 5.49. The van der Waals surface area contributed by atoms with Crippen LogP contribution in [-0.2, 0) is 6.54 Å². The standard InChI is InChI=1S/C12H10N2O4S/c15-12(16)10-4-3-8(14(17)18)6-11(10)13-7-9-2-1-5-19-9/h1-6,13H,7H2,(H,15,16). The van der Waals surface area contributed by atoms with Crippen molar-refractivity contribution >= 4 is 28.7 Å². The van der Waals surface area contributed by atoms with Crippen LogP contribution in [0.4, 0.5) is 11.4 Å². The van der Waals surface area contributed by atoms with E-state index in [9.17, 15) is 14.9 Å². The molecule has 1 heterocycles. The quantitative estimate of drug-likeness (QED) is 0.648. The van der Waals surface area contributed by atoms with Gasteiger partial charge in [-0.3, -0.25) is 10.1 Å². The summed E-state index contributed by atoms with van der Waals surface area (Å²) in [5.74, 6) is -1.12. The molecule has 0 bridgehead atoms. The minimum atomic E-state index is -1.12. The molecule has 0 spiro atoms. The first-order chi connectivity index (χ1) is 9.08. The fourth-order valence-corrected chi connectivity index (χ4v) is 2.22. The van der Waals surface area contributed by atoms with Crippen molar-refractivity contribution in [2.24, 2.45) is 0 Å². The molecule has 6 nitrogen and oxygen atoms in total. The van der Waals surface area contributed by atoms with Crippen molar-refractivity contribution in [1.82, 2.24) is 0 Å². The molecule has 0 atom stereocenters. The Morgan fingerprint density at radius 3 is 2.79 bits per heavy atom. The SMILES string of the molecule is O=C(O)c1ccc([N+](=O)[O-])cc1NCc1cccs1. The van der Waals surface area contributed by atoms with Crippen LogP contribution in [-0.4, -0.2) is 16.0 Å². The molecule has 0 amide bonds. The summed E-state index contributed by atoms with van der Waals surface area (Å²) in [4.78, 5) is 22.2. The average molecular weight is 278 g/mol. The maximum atomic E-state index is 11.1. The largest absolute Gasteiger partial charge is 0.478 e. The lowest BCUT2D eigenvalue weighted by Gasteiger charge is -2.08. The topological polar surface area (TPSA) is 92.5 Å². The molecule has 1 aromatic carbocycles. The molecule has 0 saturated carbocycles. The highest BCUT2D eigenvalue weighted by atomic mass is 32.1. The highest BCUT2D eigenvalue weighted by Crippen LogP contribution is 2.23. The van der Waals surface area contributed by atoms with Gasteiger partial charge < -0.3 is 10.4 Å². The smallest absolute Gasteiger partial charge is 0.337 e. The third-order valence-electron chi connectivity index (χ3n) is 2.48. The number of thiophene rings is 1. The van der Waals surface area contributed by atoms with Crippen LogP contribution in [0.3, 0.4) is 0 Å². The third-order valence-corrected chi connectivity index (χ3v) is 3.35. The van der Waals surface area contributed by atoms with E-state index >= 15 is 0 Å². The number of benzene rings is 1. The maximum absolute atomic E-state index is 11.1. The van der Waals surface area contributed by atoms with E-state index in [1.165, 1.54) is 29.5 Å². The van der Waals surface area contributed by atoms with Gasteiger partial charge in [-0.15, -0.1) is 11.3 Å². The van der Waals surface area contributed by atoms with Gasteiger partial charge >= 0.3 is 5.97 Å². The Balaban J connectivity index is 2.27. The lowest BCUT2D eigenvalue weighted by Crippen LogP contribution is -2.06. The van der Waals surface area contributed by atoms with E-state index in [1.54, 1.807) is 0 Å². The first-order valence-electron chi connectivity index (χ1n) is 5.36. The van der Waals surface area contributed by atoms with Crippen LogP contribution in [0, 0.1) is 10.1 Å². The molecular weight excluding hydrogens is 268 g/mol. The molecule has 0 radical (unpaired) electrons. The van der Waals surface area contributed by atoms with Gasteiger partial charge in [0.1, 0.15) is 0 Å². The van der Waals surface area contributed by atoms with Crippen molar-refractivity contribution < 1.29 is 14.8 Å². The number of nitro benzene ring substituents is 1. The van der Waals surface area contributed by atoms with E-state index in [2.05, 4.69) is 5.32 Å². The summed E-state index contributed by atoms with van der Waals surface area (Å²) in [7, 11) is 0. The molecule has 7 heteroatoms. The Hall–Kier alpha value is -2.41. The van der Waals surface area contributed by atoms with Crippen LogP contribution in [0.5, 0.6) is 0 Å². The maximum Gasteiger partial charge on any atom is 0.337 e. The van der Waals surface area contributed by atoms with Gasteiger partial charge in [-0.25, -0.2) is 4.79 Å². The predicted molar refractivity (Wildman–Crippen MR) is 71.7 cm³/mol. The van der Waals surface area contributed by atoms with Crippen molar-refractivity contribution in [3.63, 3.8) is 0 Å². The summed E-state index contributed by atoms with van der Waals surface area (Å²) in [5.41, 5.74) is 0.121. The molecule has 0 aliphatic heterocycles. The van der Waals surface area contributed by atoms with Crippen LogP contribution < -0.4 is 5.32 Å². The second-order valence-electron chi connectivity index (χ2n) is 3.73. The van der Waals surface area contributed by atoms with Gasteiger partial charge in [0.25, 0.3) is 5.69 Å². The molecule has 2 N–H and O–H groups in total. The number of anilines is 1. The third kappa shape index (κ3) is 3.08. The van der Waals surface area contributed by atoms with Gasteiger partial charge in [0.05, 0.1) is 16.2 Å². The Morgan fingerprint density at radius 2 is 2.21 bits per heavy atom. The molecule has 0 fully saturated rings. The van der Waals surface area contributed by atoms with Gasteiger partial charge in [-0.2, -0.15) is 0 Å². The van der Waals surface area contributed by atoms with E-state index in [4.69, 9.17) is 5.11 Å². The van der Waals surface area contributed by atoms with Gasteiger partial charge in [0.2, 0.25) is 0 Å². The van der Waals surface area contributed by atoms with Crippen molar-refractivity contribution in [2.45, 2.75) is 6.54 Å². The minimum absolute atomic E-state index is 0.0159. The molecule has 0 unspecified atom stereocenters. The highest BCUT2D eigenvalue weighted by molar-refractivity contribution is 7.09. The number of nitro groups is 1. The number of hydrogen-bond acceptors (Lipinski definition) is 5. The Kier molecular flexibility index (Phi) is 3.76. The normalized spacial score (nSPS) is 10.1. The van der Waals surface area contributed by atoms with Gasteiger partial charge in [0, 0.05) is 23.6 Å². The monoisotopic (exact) mass is 278 g/mol. The predicted octanol–water partition coefficient (Wildman–Crippen LogP) is 2.97. The molecule has 0 aliphatic rings. The minimum Gasteiger partial charge on any atom is -0.478 e. The molecular formula is C12H10N2O4S. The zero-order chi connectivity index (χ0) is 13.8. The Morgan fingerprint density at radius 1 is 1.42 bits per heavy atom. The number of aromatic carboxylic acids is 1. The fourth-order valence-electron chi connectivity index (χ4n) is 1.57. The second-order valence-corrected chi connectivity index (χ2v) is 4.76. The lowest BCUT2D eigenvalue weighted by atomic mass is 10.1. The fraction of sp³-hybridized carbons (Fsp3) is 0.0833. The van der Waals surface area contributed by atoms with Crippen LogP contribution >= 0.6 is 11.3 Å². The molecule has 98 valence electrons. The first-order valence-corrected chi connectivity index (χ1v) is 6.24. The van der Waals surface area contributed by atoms with E-state index in [-0.39, 0.29) is 16.9 Å². The Labute approximate surface area is 112 Å². The van der Waals surface area contributed by atoms with Gasteiger partial charge in [-0.1, -0.05) is 6.07 Å². The van der Waals surface area contributed by atoms with Crippen LogP contribution in [0.15, 0.2) is 35.7 Å². The summed E-state index contributed by atoms with van der Waals surface area (Å²) in [6.07, 6.45) is 0. The molecule has 0 saturated heterocycles.